The summed E-state index contributed by atoms with van der Waals surface area (Å²) in [6.07, 6.45) is 0.550. The van der Waals surface area contributed by atoms with Gasteiger partial charge in [0, 0.05) is 17.1 Å². The fourth-order valence-corrected chi connectivity index (χ4v) is 3.74. The zero-order valence-corrected chi connectivity index (χ0v) is 14.8. The lowest BCUT2D eigenvalue weighted by Crippen LogP contribution is -2.34. The quantitative estimate of drug-likeness (QED) is 0.825. The van der Waals surface area contributed by atoms with E-state index in [1.54, 1.807) is 0 Å². The van der Waals surface area contributed by atoms with Gasteiger partial charge < -0.3 is 4.74 Å². The van der Waals surface area contributed by atoms with E-state index in [4.69, 9.17) is 4.74 Å². The van der Waals surface area contributed by atoms with E-state index in [2.05, 4.69) is 11.1 Å². The Balaban J connectivity index is 2.57. The van der Waals surface area contributed by atoms with E-state index in [1.807, 2.05) is 39.8 Å². The Bertz CT molecular complexity index is 788. The number of aromatic amines is 1. The number of aryl methyl sites for hydroxylation is 2. The molecule has 0 amide bonds. The van der Waals surface area contributed by atoms with Gasteiger partial charge in [-0.3, -0.25) is 14.3 Å². The molecule has 1 aromatic carbocycles. The third-order valence-corrected chi connectivity index (χ3v) is 4.56. The van der Waals surface area contributed by atoms with Crippen molar-refractivity contribution in [2.45, 2.75) is 50.8 Å². The molecule has 0 radical (unpaired) electrons. The molecule has 0 spiro atoms. The van der Waals surface area contributed by atoms with E-state index < -0.39 is 5.69 Å². The maximum Gasteiger partial charge on any atom is 0.331 e. The monoisotopic (exact) mass is 334 g/mol. The minimum Gasteiger partial charge on any atom is -0.361 e. The molecule has 1 N–H and O–H groups in total. The highest BCUT2D eigenvalue weighted by Crippen LogP contribution is 2.30. The van der Waals surface area contributed by atoms with Crippen LogP contribution in [0.1, 0.15) is 30.5 Å². The van der Waals surface area contributed by atoms with Crippen LogP contribution in [0.3, 0.4) is 0 Å². The third kappa shape index (κ3) is 4.14. The Morgan fingerprint density at radius 1 is 1.13 bits per heavy atom. The summed E-state index contributed by atoms with van der Waals surface area (Å²) >= 11 is 1.44. The molecule has 0 aliphatic carbocycles. The molecule has 23 heavy (non-hydrogen) atoms. The molecule has 0 saturated carbocycles. The zero-order chi connectivity index (χ0) is 17.0. The van der Waals surface area contributed by atoms with Gasteiger partial charge in [0.2, 0.25) is 0 Å². The van der Waals surface area contributed by atoms with Crippen molar-refractivity contribution < 1.29 is 4.74 Å². The highest BCUT2D eigenvalue weighted by molar-refractivity contribution is 7.99. The topological polar surface area (TPSA) is 64.1 Å². The smallest absolute Gasteiger partial charge is 0.331 e. The summed E-state index contributed by atoms with van der Waals surface area (Å²) < 4.78 is 6.89. The normalized spacial score (nSPS) is 11.0. The first kappa shape index (κ1) is 17.6. The van der Waals surface area contributed by atoms with Crippen LogP contribution >= 0.6 is 11.8 Å². The van der Waals surface area contributed by atoms with Gasteiger partial charge in [0.05, 0.1) is 5.03 Å². The van der Waals surface area contributed by atoms with Gasteiger partial charge in [-0.25, -0.2) is 4.79 Å². The lowest BCUT2D eigenvalue weighted by molar-refractivity contribution is 0.0779. The molecule has 6 heteroatoms. The van der Waals surface area contributed by atoms with Gasteiger partial charge in [0.1, 0.15) is 6.73 Å². The van der Waals surface area contributed by atoms with Crippen molar-refractivity contribution in [3.63, 3.8) is 0 Å². The van der Waals surface area contributed by atoms with Crippen LogP contribution in [0, 0.1) is 13.8 Å². The molecule has 0 fully saturated rings. The lowest BCUT2D eigenvalue weighted by Gasteiger charge is -2.15. The number of benzene rings is 1. The first-order valence-corrected chi connectivity index (χ1v) is 8.47. The first-order chi connectivity index (χ1) is 11.0. The minimum atomic E-state index is -0.437. The highest BCUT2D eigenvalue weighted by atomic mass is 32.2. The van der Waals surface area contributed by atoms with E-state index in [0.717, 1.165) is 16.0 Å². The Morgan fingerprint density at radius 2 is 1.78 bits per heavy atom. The molecule has 0 aliphatic heterocycles. The minimum absolute atomic E-state index is 0.131. The van der Waals surface area contributed by atoms with Gasteiger partial charge >= 0.3 is 5.69 Å². The van der Waals surface area contributed by atoms with E-state index in [-0.39, 0.29) is 12.3 Å². The van der Waals surface area contributed by atoms with Crippen LogP contribution in [0.2, 0.25) is 0 Å². The molecule has 0 bridgehead atoms. The second kappa shape index (κ2) is 7.66. The number of rotatable bonds is 6. The predicted octanol–water partition coefficient (Wildman–Crippen LogP) is 2.86. The van der Waals surface area contributed by atoms with E-state index in [0.29, 0.717) is 23.6 Å². The lowest BCUT2D eigenvalue weighted by atomic mass is 10.2. The van der Waals surface area contributed by atoms with Gasteiger partial charge in [-0.15, -0.1) is 0 Å². The van der Waals surface area contributed by atoms with Crippen molar-refractivity contribution in [2.75, 3.05) is 6.61 Å². The van der Waals surface area contributed by atoms with Crippen molar-refractivity contribution >= 4 is 11.8 Å². The molecule has 0 aliphatic rings. The molecule has 1 heterocycles. The summed E-state index contributed by atoms with van der Waals surface area (Å²) in [6.45, 7) is 8.47. The van der Waals surface area contributed by atoms with Crippen LogP contribution in [0.15, 0.2) is 37.7 Å². The summed E-state index contributed by atoms with van der Waals surface area (Å²) in [6, 6.07) is 6.19. The molecular formula is C17H22N2O3S. The van der Waals surface area contributed by atoms with Crippen LogP contribution < -0.4 is 11.2 Å². The van der Waals surface area contributed by atoms with Crippen LogP contribution in [-0.2, 0) is 17.9 Å². The van der Waals surface area contributed by atoms with Gasteiger partial charge in [-0.1, -0.05) is 24.8 Å². The number of ether oxygens (including phenoxy) is 1. The predicted molar refractivity (Wildman–Crippen MR) is 92.4 cm³/mol. The van der Waals surface area contributed by atoms with Crippen LogP contribution in [0.4, 0.5) is 0 Å². The van der Waals surface area contributed by atoms with Crippen molar-refractivity contribution in [3.8, 4) is 0 Å². The molecule has 0 saturated heterocycles. The third-order valence-electron chi connectivity index (χ3n) is 3.43. The second-order valence-corrected chi connectivity index (χ2v) is 6.43. The van der Waals surface area contributed by atoms with E-state index in [9.17, 15) is 9.59 Å². The molecule has 1 aromatic heterocycles. The standard InChI is InChI=1S/C17H22N2O3S/c1-5-14-15(20)18-17(21)19(10-22-6-2)16(14)23-13-8-11(3)7-12(4)9-13/h7-9H,5-6,10H2,1-4H3,(H,18,20,21). The molecule has 124 valence electrons. The van der Waals surface area contributed by atoms with Crippen LogP contribution in [-0.4, -0.2) is 16.2 Å². The average Bonchev–Trinajstić information content (AvgIpc) is 2.46. The maximum atomic E-state index is 12.2. The Kier molecular flexibility index (Phi) is 5.85. The SMILES string of the molecule is CCOCn1c(Sc2cc(C)cc(C)c2)c(CC)c(=O)[nH]c1=O. The summed E-state index contributed by atoms with van der Waals surface area (Å²) in [5.74, 6) is 0. The van der Waals surface area contributed by atoms with Gasteiger partial charge in [0.15, 0.2) is 0 Å². The highest BCUT2D eigenvalue weighted by Gasteiger charge is 2.15. The van der Waals surface area contributed by atoms with Gasteiger partial charge in [-0.2, -0.15) is 0 Å². The van der Waals surface area contributed by atoms with Crippen molar-refractivity contribution in [1.82, 2.24) is 9.55 Å². The van der Waals surface area contributed by atoms with Crippen molar-refractivity contribution in [1.29, 1.82) is 0 Å². The number of nitrogens with zero attached hydrogens (tertiary/aromatic N) is 1. The molecule has 0 unspecified atom stereocenters. The number of H-pyrrole nitrogens is 1. The van der Waals surface area contributed by atoms with E-state index in [1.165, 1.54) is 16.3 Å². The van der Waals surface area contributed by atoms with Gasteiger partial charge in [0.25, 0.3) is 5.56 Å². The first-order valence-electron chi connectivity index (χ1n) is 7.66. The summed E-state index contributed by atoms with van der Waals surface area (Å²) in [5, 5.41) is 0.653. The number of aromatic nitrogens is 2. The molecule has 5 nitrogen and oxygen atoms in total. The fourth-order valence-electron chi connectivity index (χ4n) is 2.42. The van der Waals surface area contributed by atoms with E-state index >= 15 is 0 Å². The molecule has 2 rings (SSSR count). The number of hydrogen-bond acceptors (Lipinski definition) is 4. The Morgan fingerprint density at radius 3 is 2.35 bits per heavy atom. The fraction of sp³-hybridized carbons (Fsp3) is 0.412. The largest absolute Gasteiger partial charge is 0.361 e. The van der Waals surface area contributed by atoms with Crippen LogP contribution in [0.25, 0.3) is 0 Å². The number of nitrogens with one attached hydrogen (secondary N) is 1. The van der Waals surface area contributed by atoms with Crippen molar-refractivity contribution in [2.24, 2.45) is 0 Å². The second-order valence-electron chi connectivity index (χ2n) is 5.37. The maximum absolute atomic E-state index is 12.2. The average molecular weight is 334 g/mol. The van der Waals surface area contributed by atoms with Gasteiger partial charge in [-0.05, 0) is 50.5 Å². The molecular weight excluding hydrogens is 312 g/mol. The molecule has 2 aromatic rings. The number of hydrogen-bond donors (Lipinski definition) is 1. The summed E-state index contributed by atoms with van der Waals surface area (Å²) in [4.78, 5) is 27.7. The molecule has 0 atom stereocenters. The Labute approximate surface area is 139 Å². The zero-order valence-electron chi connectivity index (χ0n) is 13.9. The summed E-state index contributed by atoms with van der Waals surface area (Å²) in [7, 11) is 0. The van der Waals surface area contributed by atoms with Crippen LogP contribution in [0.5, 0.6) is 0 Å². The van der Waals surface area contributed by atoms with Crippen molar-refractivity contribution in [3.05, 3.63) is 55.7 Å². The summed E-state index contributed by atoms with van der Waals surface area (Å²) in [5.41, 5.74) is 2.14. The Hall–Kier alpha value is -1.79.